The van der Waals surface area contributed by atoms with E-state index in [2.05, 4.69) is 20.2 Å². The Hall–Kier alpha value is -2.73. The first-order chi connectivity index (χ1) is 15.2. The average Bonchev–Trinajstić information content (AvgIpc) is 3.19. The molecule has 1 saturated heterocycles. The van der Waals surface area contributed by atoms with Gasteiger partial charge in [0, 0.05) is 5.92 Å². The molecule has 2 atom stereocenters. The molecule has 2 heterocycles. The second-order valence-corrected chi connectivity index (χ2v) is 7.75. The number of alkyl halides is 3. The first-order valence-electron chi connectivity index (χ1n) is 10.1. The number of nitrogens with one attached hydrogen (secondary N) is 1. The molecule has 8 nitrogen and oxygen atoms in total. The van der Waals surface area contributed by atoms with Gasteiger partial charge in [-0.15, -0.1) is 13.2 Å². The highest BCUT2D eigenvalue weighted by atomic mass is 19.4. The van der Waals surface area contributed by atoms with Crippen molar-refractivity contribution in [2.75, 3.05) is 13.2 Å². The van der Waals surface area contributed by atoms with Gasteiger partial charge in [-0.1, -0.05) is 5.16 Å². The fraction of sp³-hybridized carbons (Fsp3) is 0.550. The van der Waals surface area contributed by atoms with Crippen molar-refractivity contribution in [2.24, 2.45) is 0 Å². The van der Waals surface area contributed by atoms with Crippen LogP contribution in [0.2, 0.25) is 0 Å². The molecule has 1 saturated carbocycles. The van der Waals surface area contributed by atoms with E-state index < -0.39 is 24.4 Å². The Balaban J connectivity index is 1.17. The summed E-state index contributed by atoms with van der Waals surface area (Å²) in [6, 6.07) is 5.13. The van der Waals surface area contributed by atoms with E-state index in [1.807, 2.05) is 0 Å². The lowest BCUT2D eigenvalue weighted by molar-refractivity contribution is -0.352. The van der Waals surface area contributed by atoms with E-state index in [0.29, 0.717) is 24.4 Å². The van der Waals surface area contributed by atoms with Crippen molar-refractivity contribution in [3.8, 4) is 5.75 Å². The third kappa shape index (κ3) is 5.94. The molecule has 2 fully saturated rings. The van der Waals surface area contributed by atoms with Gasteiger partial charge in [-0.05, 0) is 49.9 Å². The van der Waals surface area contributed by atoms with Gasteiger partial charge in [0.15, 0.2) is 12.4 Å². The molecule has 12 heteroatoms. The van der Waals surface area contributed by atoms with Crippen molar-refractivity contribution < 1.29 is 41.1 Å². The van der Waals surface area contributed by atoms with Crippen molar-refractivity contribution in [1.29, 1.82) is 0 Å². The van der Waals surface area contributed by atoms with Crippen LogP contribution >= 0.6 is 0 Å². The predicted molar refractivity (Wildman–Crippen MR) is 99.0 cm³/mol. The molecule has 2 aliphatic rings. The number of aromatic nitrogens is 2. The Labute approximate surface area is 180 Å². The van der Waals surface area contributed by atoms with Crippen LogP contribution in [0.1, 0.15) is 49.4 Å². The number of amides is 1. The molecule has 32 heavy (non-hydrogen) atoms. The Morgan fingerprint density at radius 3 is 2.59 bits per heavy atom. The Morgan fingerprint density at radius 2 is 1.94 bits per heavy atom. The average molecular weight is 459 g/mol. The van der Waals surface area contributed by atoms with Crippen molar-refractivity contribution in [1.82, 2.24) is 15.5 Å². The largest absolute Gasteiger partial charge is 0.522 e. The highest BCUT2D eigenvalue weighted by Gasteiger charge is 2.42. The summed E-state index contributed by atoms with van der Waals surface area (Å²) in [6.07, 6.45) is -4.49. The second kappa shape index (κ2) is 9.41. The number of hydrogen-bond acceptors (Lipinski definition) is 7. The lowest BCUT2D eigenvalue weighted by atomic mass is 9.82. The van der Waals surface area contributed by atoms with Crippen LogP contribution in [0.15, 0.2) is 28.8 Å². The van der Waals surface area contributed by atoms with Gasteiger partial charge in [0.2, 0.25) is 0 Å². The van der Waals surface area contributed by atoms with Gasteiger partial charge in [0.1, 0.15) is 17.7 Å². The van der Waals surface area contributed by atoms with Crippen LogP contribution in [0, 0.1) is 5.82 Å². The summed E-state index contributed by atoms with van der Waals surface area (Å²) in [6.45, 7) is 0.0224. The zero-order chi connectivity index (χ0) is 22.7. The van der Waals surface area contributed by atoms with Crippen molar-refractivity contribution in [2.45, 2.75) is 56.2 Å². The molecule has 1 N–H and O–H groups in total. The third-order valence-electron chi connectivity index (χ3n) is 5.32. The van der Waals surface area contributed by atoms with Gasteiger partial charge in [0.25, 0.3) is 11.8 Å². The Morgan fingerprint density at radius 1 is 1.19 bits per heavy atom. The van der Waals surface area contributed by atoms with Crippen molar-refractivity contribution in [3.05, 3.63) is 41.8 Å². The van der Waals surface area contributed by atoms with E-state index in [-0.39, 0.29) is 49.8 Å². The first-order valence-corrected chi connectivity index (χ1v) is 10.1. The normalized spacial score (nSPS) is 25.8. The highest BCUT2D eigenvalue weighted by molar-refractivity contribution is 5.77. The molecule has 2 aromatic rings. The summed E-state index contributed by atoms with van der Waals surface area (Å²) in [7, 11) is 0. The lowest BCUT2D eigenvalue weighted by Crippen LogP contribution is -2.43. The third-order valence-corrected chi connectivity index (χ3v) is 5.32. The van der Waals surface area contributed by atoms with Crippen LogP contribution in [0.4, 0.5) is 17.6 Å². The minimum absolute atomic E-state index is 0.179. The Bertz CT molecular complexity index is 907. The molecular weight excluding hydrogens is 438 g/mol. The minimum atomic E-state index is -4.65. The second-order valence-electron chi connectivity index (χ2n) is 7.75. The van der Waals surface area contributed by atoms with Gasteiger partial charge in [-0.3, -0.25) is 9.53 Å². The lowest BCUT2D eigenvalue weighted by Gasteiger charge is -2.33. The van der Waals surface area contributed by atoms with Gasteiger partial charge in [0.05, 0.1) is 18.8 Å². The van der Waals surface area contributed by atoms with E-state index in [1.165, 1.54) is 24.3 Å². The summed E-state index contributed by atoms with van der Waals surface area (Å²) in [5, 5.41) is 6.66. The van der Waals surface area contributed by atoms with Crippen LogP contribution in [0.5, 0.6) is 5.75 Å². The minimum Gasteiger partial charge on any atom is -0.484 e. The molecular formula is C20H21F4N3O5. The summed E-state index contributed by atoms with van der Waals surface area (Å²) in [5.74, 6) is 0.0372. The van der Waals surface area contributed by atoms with Crippen LogP contribution in [-0.4, -0.2) is 47.8 Å². The molecule has 174 valence electrons. The monoisotopic (exact) mass is 459 g/mol. The van der Waals surface area contributed by atoms with Crippen molar-refractivity contribution in [3.63, 3.8) is 0 Å². The smallest absolute Gasteiger partial charge is 0.484 e. The topological polar surface area (TPSA) is 95.7 Å². The maximum Gasteiger partial charge on any atom is 0.522 e. The van der Waals surface area contributed by atoms with Gasteiger partial charge in [-0.25, -0.2) is 4.39 Å². The number of nitrogens with zero attached hydrogens (tertiary/aromatic N) is 2. The van der Waals surface area contributed by atoms with E-state index in [9.17, 15) is 22.4 Å². The number of hydrogen-bond donors (Lipinski definition) is 1. The molecule has 1 aromatic heterocycles. The zero-order valence-electron chi connectivity index (χ0n) is 16.8. The maximum atomic E-state index is 12.9. The van der Waals surface area contributed by atoms with Gasteiger partial charge < -0.3 is 19.3 Å². The molecule has 1 aliphatic heterocycles. The number of rotatable bonds is 7. The number of halogens is 4. The molecule has 4 rings (SSSR count). The predicted octanol–water partition coefficient (Wildman–Crippen LogP) is 3.41. The van der Waals surface area contributed by atoms with Crippen LogP contribution < -0.4 is 10.1 Å². The van der Waals surface area contributed by atoms with Crippen LogP contribution in [-0.2, 0) is 14.3 Å². The van der Waals surface area contributed by atoms with E-state index >= 15 is 0 Å². The summed E-state index contributed by atoms with van der Waals surface area (Å²) in [4.78, 5) is 16.3. The molecule has 0 unspecified atom stereocenters. The van der Waals surface area contributed by atoms with E-state index in [1.54, 1.807) is 0 Å². The summed E-state index contributed by atoms with van der Waals surface area (Å²) < 4.78 is 69.7. The molecule has 0 bridgehead atoms. The van der Waals surface area contributed by atoms with Crippen LogP contribution in [0.3, 0.4) is 0 Å². The molecule has 0 radical (unpaired) electrons. The Kier molecular flexibility index (Phi) is 6.60. The van der Waals surface area contributed by atoms with Gasteiger partial charge in [-0.2, -0.15) is 4.98 Å². The number of carbonyl (C=O) groups excluding carboxylic acids is 1. The molecule has 1 aliphatic carbocycles. The fourth-order valence-electron chi connectivity index (χ4n) is 3.61. The zero-order valence-corrected chi connectivity index (χ0v) is 16.8. The van der Waals surface area contributed by atoms with Crippen molar-refractivity contribution >= 4 is 5.91 Å². The first kappa shape index (κ1) is 22.5. The molecule has 0 spiro atoms. The van der Waals surface area contributed by atoms with E-state index in [0.717, 1.165) is 0 Å². The fourth-order valence-corrected chi connectivity index (χ4v) is 3.61. The maximum absolute atomic E-state index is 12.9. The summed E-state index contributed by atoms with van der Waals surface area (Å²) in [5.41, 5.74) is 0. The SMILES string of the molecule is O=C(COc1ccc(F)cc1)N[C@@H]1CC[C@@H](c2nc([C@H]3C[C@@H](OC(F)(F)F)C3)no2)OC1. The molecule has 1 amide bonds. The van der Waals surface area contributed by atoms with Crippen LogP contribution in [0.25, 0.3) is 0 Å². The van der Waals surface area contributed by atoms with Gasteiger partial charge >= 0.3 is 6.36 Å². The number of benzene rings is 1. The highest BCUT2D eigenvalue weighted by Crippen LogP contribution is 2.40. The summed E-state index contributed by atoms with van der Waals surface area (Å²) >= 11 is 0. The number of carbonyl (C=O) groups is 1. The van der Waals surface area contributed by atoms with E-state index in [4.69, 9.17) is 14.0 Å². The standard InChI is InChI=1S/C20H21F4N3O5/c21-12-1-4-14(5-2-12)29-10-17(28)25-13-3-6-16(30-9-13)19-26-18(27-32-19)11-7-15(8-11)31-20(22,23)24/h1-2,4-5,11,13,15-16H,3,6-10H2,(H,25,28)/t11-,13-,15+,16+/m1/s1. The molecule has 1 aromatic carbocycles. The number of ether oxygens (including phenoxy) is 3. The quantitative estimate of drug-likeness (QED) is 0.634.